The van der Waals surface area contributed by atoms with Gasteiger partial charge in [0.2, 0.25) is 0 Å². The number of rotatable bonds is 10. The van der Waals surface area contributed by atoms with E-state index in [-0.39, 0.29) is 5.75 Å². The van der Waals surface area contributed by atoms with Gasteiger partial charge < -0.3 is 19.8 Å². The Morgan fingerprint density at radius 2 is 1.58 bits per heavy atom. The van der Waals surface area contributed by atoms with Crippen LogP contribution in [0.25, 0.3) is 0 Å². The van der Waals surface area contributed by atoms with E-state index in [0.29, 0.717) is 12.8 Å². The van der Waals surface area contributed by atoms with Crippen LogP contribution in [0.2, 0.25) is 0 Å². The van der Waals surface area contributed by atoms with E-state index in [1.165, 1.54) is 17.8 Å². The van der Waals surface area contributed by atoms with Crippen molar-refractivity contribution < 1.29 is 18.3 Å². The van der Waals surface area contributed by atoms with Crippen LogP contribution in [0.1, 0.15) is 46.1 Å². The van der Waals surface area contributed by atoms with E-state index < -0.39 is 6.11 Å². The van der Waals surface area contributed by atoms with Crippen molar-refractivity contribution in [2.45, 2.75) is 53.6 Å². The Bertz CT molecular complexity index is 795. The number of halogens is 2. The highest BCUT2D eigenvalue weighted by Crippen LogP contribution is 2.21. The van der Waals surface area contributed by atoms with E-state index in [1.807, 2.05) is 6.92 Å². The monoisotopic (exact) mass is 508 g/mol. The molecule has 2 aliphatic rings. The summed E-state index contributed by atoms with van der Waals surface area (Å²) in [5.74, 6) is 0.487. The van der Waals surface area contributed by atoms with Gasteiger partial charge in [-0.1, -0.05) is 51.0 Å². The van der Waals surface area contributed by atoms with Crippen molar-refractivity contribution in [1.82, 2.24) is 14.7 Å². The third-order valence-corrected chi connectivity index (χ3v) is 6.35. The lowest BCUT2D eigenvalue weighted by atomic mass is 10.0. The molecule has 36 heavy (non-hydrogen) atoms. The molecule has 0 spiro atoms. The minimum absolute atomic E-state index is 0.188. The highest BCUT2D eigenvalue weighted by atomic mass is 19.3. The Hall–Kier alpha value is -2.03. The second kappa shape index (κ2) is 15.3. The van der Waals surface area contributed by atoms with Crippen LogP contribution in [0.5, 0.6) is 5.75 Å². The number of ether oxygens (including phenoxy) is 2. The van der Waals surface area contributed by atoms with E-state index in [9.17, 15) is 8.78 Å². The van der Waals surface area contributed by atoms with Crippen LogP contribution in [-0.2, 0) is 4.74 Å². The average molecular weight is 509 g/mol. The van der Waals surface area contributed by atoms with Crippen LogP contribution >= 0.6 is 0 Å². The van der Waals surface area contributed by atoms with Crippen LogP contribution in [0, 0.1) is 18.3 Å². The van der Waals surface area contributed by atoms with Gasteiger partial charge in [0.15, 0.2) is 0 Å². The van der Waals surface area contributed by atoms with Gasteiger partial charge in [0, 0.05) is 59.3 Å². The topological polar surface area (TPSA) is 52.0 Å². The lowest BCUT2D eigenvalue weighted by Gasteiger charge is -2.39. The Morgan fingerprint density at radius 3 is 2.08 bits per heavy atom. The fourth-order valence-corrected chi connectivity index (χ4v) is 4.12. The molecule has 1 N–H and O–H groups in total. The fourth-order valence-electron chi connectivity index (χ4n) is 4.12. The molecule has 204 valence electrons. The van der Waals surface area contributed by atoms with Crippen LogP contribution < -0.4 is 4.74 Å². The number of alkyl halides is 2. The molecule has 0 bridgehead atoms. The summed E-state index contributed by atoms with van der Waals surface area (Å²) in [7, 11) is 0. The SMILES string of the molecule is CCC/C=C(\C(=N)C(C)C)N1CCN(CCN2CCOCC2)CC1.Cc1ccc(OC(C)(F)F)cc1. The predicted molar refractivity (Wildman–Crippen MR) is 143 cm³/mol. The summed E-state index contributed by atoms with van der Waals surface area (Å²) >= 11 is 0. The number of aryl methyl sites for hydroxylation is 1. The number of piperazine rings is 1. The van der Waals surface area contributed by atoms with E-state index in [1.54, 1.807) is 12.1 Å². The number of hydrogen-bond donors (Lipinski definition) is 1. The molecule has 2 saturated heterocycles. The molecule has 2 heterocycles. The second-order valence-electron chi connectivity index (χ2n) is 9.95. The molecule has 1 aromatic carbocycles. The van der Waals surface area contributed by atoms with Crippen LogP contribution in [0.3, 0.4) is 0 Å². The second-order valence-corrected chi connectivity index (χ2v) is 9.95. The normalized spacial score (nSPS) is 18.1. The van der Waals surface area contributed by atoms with Gasteiger partial charge in [-0.3, -0.25) is 9.80 Å². The molecule has 2 fully saturated rings. The highest BCUT2D eigenvalue weighted by Gasteiger charge is 2.23. The number of benzene rings is 1. The summed E-state index contributed by atoms with van der Waals surface area (Å²) < 4.78 is 34.3. The van der Waals surface area contributed by atoms with E-state index in [4.69, 9.17) is 10.1 Å². The van der Waals surface area contributed by atoms with E-state index in [2.05, 4.69) is 46.3 Å². The van der Waals surface area contributed by atoms with Crippen molar-refractivity contribution in [1.29, 1.82) is 5.41 Å². The van der Waals surface area contributed by atoms with Crippen LogP contribution in [0.15, 0.2) is 36.0 Å². The van der Waals surface area contributed by atoms with Crippen LogP contribution in [-0.4, -0.2) is 92.1 Å². The molecule has 0 atom stereocenters. The number of hydrogen-bond acceptors (Lipinski definition) is 6. The van der Waals surface area contributed by atoms with Gasteiger partial charge >= 0.3 is 6.11 Å². The maximum absolute atomic E-state index is 12.3. The summed E-state index contributed by atoms with van der Waals surface area (Å²) in [5.41, 5.74) is 2.99. The number of unbranched alkanes of at least 4 members (excludes halogenated alkanes) is 1. The van der Waals surface area contributed by atoms with Gasteiger partial charge in [-0.2, -0.15) is 8.78 Å². The molecule has 6 nitrogen and oxygen atoms in total. The van der Waals surface area contributed by atoms with Crippen molar-refractivity contribution in [3.05, 3.63) is 41.6 Å². The third-order valence-electron chi connectivity index (χ3n) is 6.35. The minimum atomic E-state index is -3.10. The minimum Gasteiger partial charge on any atom is -0.433 e. The van der Waals surface area contributed by atoms with Crippen molar-refractivity contribution in [3.8, 4) is 5.75 Å². The molecule has 0 aliphatic carbocycles. The number of nitrogens with one attached hydrogen (secondary N) is 1. The smallest absolute Gasteiger partial charge is 0.394 e. The van der Waals surface area contributed by atoms with Gasteiger partial charge in [0.25, 0.3) is 0 Å². The standard InChI is InChI=1S/C19H36N4O.C9H10F2O/c1-4-5-6-18(19(20)17(2)3)23-11-9-21(10-12-23)7-8-22-13-15-24-16-14-22;1-7-3-5-8(6-4-7)12-9(2,10)11/h6,17,20H,4-5,7-16H2,1-3H3;3-6H,1-2H3/b18-6+,20-19?;. The first kappa shape index (κ1) is 30.2. The maximum atomic E-state index is 12.3. The summed E-state index contributed by atoms with van der Waals surface area (Å²) in [5, 5.41) is 8.44. The van der Waals surface area contributed by atoms with Gasteiger partial charge in [-0.15, -0.1) is 0 Å². The summed E-state index contributed by atoms with van der Waals surface area (Å²) in [6, 6.07) is 6.49. The largest absolute Gasteiger partial charge is 0.433 e. The summed E-state index contributed by atoms with van der Waals surface area (Å²) in [6.07, 6.45) is 1.40. The molecule has 0 radical (unpaired) electrons. The molecular formula is C28H46F2N4O2. The first-order valence-corrected chi connectivity index (χ1v) is 13.3. The molecule has 1 aromatic rings. The zero-order valence-corrected chi connectivity index (χ0v) is 22.9. The van der Waals surface area contributed by atoms with Crippen LogP contribution in [0.4, 0.5) is 8.78 Å². The zero-order chi connectivity index (χ0) is 26.6. The predicted octanol–water partition coefficient (Wildman–Crippen LogP) is 5.28. The number of morpholine rings is 1. The third kappa shape index (κ3) is 11.4. The Morgan fingerprint density at radius 1 is 1.03 bits per heavy atom. The fraction of sp³-hybridized carbons (Fsp3) is 0.679. The molecule has 0 unspecified atom stereocenters. The van der Waals surface area contributed by atoms with E-state index >= 15 is 0 Å². The van der Waals surface area contributed by atoms with Gasteiger partial charge in [0.1, 0.15) is 5.75 Å². The molecule has 2 aliphatic heterocycles. The highest BCUT2D eigenvalue weighted by molar-refractivity contribution is 5.98. The molecule has 0 saturated carbocycles. The quantitative estimate of drug-likeness (QED) is 0.436. The van der Waals surface area contributed by atoms with Gasteiger partial charge in [0.05, 0.1) is 24.6 Å². The van der Waals surface area contributed by atoms with E-state index in [0.717, 1.165) is 89.7 Å². The molecule has 3 rings (SSSR count). The summed E-state index contributed by atoms with van der Waals surface area (Å²) in [6.45, 7) is 19.6. The van der Waals surface area contributed by atoms with Crippen molar-refractivity contribution in [2.24, 2.45) is 5.92 Å². The Kier molecular flexibility index (Phi) is 12.8. The lowest BCUT2D eigenvalue weighted by molar-refractivity contribution is -0.158. The zero-order valence-electron chi connectivity index (χ0n) is 22.9. The Balaban J connectivity index is 0.000000319. The number of allylic oxidation sites excluding steroid dienone is 2. The van der Waals surface area contributed by atoms with Crippen molar-refractivity contribution in [2.75, 3.05) is 65.6 Å². The molecule has 0 amide bonds. The van der Waals surface area contributed by atoms with Gasteiger partial charge in [-0.25, -0.2) is 0 Å². The first-order valence-electron chi connectivity index (χ1n) is 13.3. The molecular weight excluding hydrogens is 462 g/mol. The lowest BCUT2D eigenvalue weighted by Crippen LogP contribution is -2.49. The average Bonchev–Trinajstić information content (AvgIpc) is 2.85. The summed E-state index contributed by atoms with van der Waals surface area (Å²) in [4.78, 5) is 7.52. The van der Waals surface area contributed by atoms with Crippen molar-refractivity contribution >= 4 is 5.71 Å². The Labute approximate surface area is 216 Å². The van der Waals surface area contributed by atoms with Gasteiger partial charge in [-0.05, 0) is 31.4 Å². The molecule has 0 aromatic heterocycles. The maximum Gasteiger partial charge on any atom is 0.394 e. The van der Waals surface area contributed by atoms with Crippen molar-refractivity contribution in [3.63, 3.8) is 0 Å². The number of nitrogens with zero attached hydrogens (tertiary/aromatic N) is 3. The molecule has 8 heteroatoms. The first-order chi connectivity index (χ1) is 17.1.